The van der Waals surface area contributed by atoms with Crippen molar-refractivity contribution < 1.29 is 18.4 Å². The lowest BCUT2D eigenvalue weighted by molar-refractivity contribution is -0.136. The van der Waals surface area contributed by atoms with E-state index < -0.39 is 11.8 Å². The van der Waals surface area contributed by atoms with E-state index in [1.54, 1.807) is 48.7 Å². The molecular formula is C18H13N3O4. The van der Waals surface area contributed by atoms with Gasteiger partial charge < -0.3 is 19.5 Å². The summed E-state index contributed by atoms with van der Waals surface area (Å²) in [4.78, 5) is 23.8. The average molecular weight is 335 g/mol. The molecule has 1 aromatic carbocycles. The number of amides is 2. The quantitative estimate of drug-likeness (QED) is 0.713. The van der Waals surface area contributed by atoms with Gasteiger partial charge in [-0.15, -0.1) is 0 Å². The van der Waals surface area contributed by atoms with Gasteiger partial charge in [-0.3, -0.25) is 9.59 Å². The van der Waals surface area contributed by atoms with Crippen LogP contribution in [0.15, 0.2) is 63.8 Å². The summed E-state index contributed by atoms with van der Waals surface area (Å²) in [6.07, 6.45) is 3.07. The average Bonchev–Trinajstić information content (AvgIpc) is 3.31. The van der Waals surface area contributed by atoms with Crippen molar-refractivity contribution in [3.63, 3.8) is 0 Å². The molecule has 0 aliphatic carbocycles. The highest BCUT2D eigenvalue weighted by Gasteiger charge is 2.16. The monoisotopic (exact) mass is 335 g/mol. The highest BCUT2D eigenvalue weighted by atomic mass is 16.3. The van der Waals surface area contributed by atoms with Gasteiger partial charge >= 0.3 is 11.8 Å². The molecule has 0 radical (unpaired) electrons. The first-order chi connectivity index (χ1) is 12.2. The lowest BCUT2D eigenvalue weighted by Gasteiger charge is -2.06. The first kappa shape index (κ1) is 16.1. The zero-order valence-corrected chi connectivity index (χ0v) is 13.0. The second-order valence-electron chi connectivity index (χ2n) is 5.07. The van der Waals surface area contributed by atoms with Gasteiger partial charge in [-0.25, -0.2) is 0 Å². The van der Waals surface area contributed by atoms with Crippen molar-refractivity contribution >= 4 is 17.5 Å². The van der Waals surface area contributed by atoms with Gasteiger partial charge in [-0.05, 0) is 30.3 Å². The number of nitrogens with one attached hydrogen (secondary N) is 2. The zero-order chi connectivity index (χ0) is 17.6. The molecule has 0 saturated carbocycles. The molecule has 0 fully saturated rings. The van der Waals surface area contributed by atoms with Crippen LogP contribution in [0.2, 0.25) is 0 Å². The molecule has 3 rings (SSSR count). The number of nitriles is 1. The van der Waals surface area contributed by atoms with E-state index in [4.69, 9.17) is 14.1 Å². The number of hydrogen-bond donors (Lipinski definition) is 2. The minimum atomic E-state index is -0.857. The Morgan fingerprint density at radius 2 is 1.92 bits per heavy atom. The summed E-state index contributed by atoms with van der Waals surface area (Å²) >= 11 is 0. The number of hydrogen-bond acceptors (Lipinski definition) is 5. The fourth-order valence-corrected chi connectivity index (χ4v) is 2.15. The summed E-state index contributed by atoms with van der Waals surface area (Å²) in [5.74, 6) is -0.585. The van der Waals surface area contributed by atoms with Gasteiger partial charge in [-0.1, -0.05) is 12.1 Å². The molecule has 0 spiro atoms. The van der Waals surface area contributed by atoms with Crippen LogP contribution in [-0.4, -0.2) is 11.8 Å². The lowest BCUT2D eigenvalue weighted by atomic mass is 10.2. The summed E-state index contributed by atoms with van der Waals surface area (Å²) < 4.78 is 10.5. The van der Waals surface area contributed by atoms with Gasteiger partial charge in [0.25, 0.3) is 0 Å². The summed E-state index contributed by atoms with van der Waals surface area (Å²) in [7, 11) is 0. The van der Waals surface area contributed by atoms with E-state index in [0.717, 1.165) is 5.56 Å². The van der Waals surface area contributed by atoms with Crippen molar-refractivity contribution in [2.45, 2.75) is 6.54 Å². The number of carbonyl (C=O) groups excluding carboxylic acids is 2. The Morgan fingerprint density at radius 3 is 2.68 bits per heavy atom. The van der Waals surface area contributed by atoms with Crippen molar-refractivity contribution in [3.8, 4) is 17.4 Å². The van der Waals surface area contributed by atoms with Gasteiger partial charge in [0, 0.05) is 0 Å². The molecular weight excluding hydrogens is 322 g/mol. The number of nitrogens with zero attached hydrogens (tertiary/aromatic N) is 1. The third kappa shape index (κ3) is 3.76. The van der Waals surface area contributed by atoms with Gasteiger partial charge in [-0.2, -0.15) is 5.26 Å². The van der Waals surface area contributed by atoms with Crippen LogP contribution in [0.5, 0.6) is 0 Å². The summed E-state index contributed by atoms with van der Waals surface area (Å²) in [6.45, 7) is 0.0595. The first-order valence-corrected chi connectivity index (χ1v) is 7.37. The van der Waals surface area contributed by atoms with E-state index in [2.05, 4.69) is 10.6 Å². The predicted molar refractivity (Wildman–Crippen MR) is 88.0 cm³/mol. The zero-order valence-electron chi connectivity index (χ0n) is 13.0. The molecule has 0 unspecified atom stereocenters. The standard InChI is InChI=1S/C18H13N3O4/c19-9-12-3-1-2-4-15(12)21-18(23)17(22)20-10-14-5-6-16(25-14)13-7-8-24-11-13/h1-8,11H,10H2,(H,20,22)(H,21,23). The molecule has 7 nitrogen and oxygen atoms in total. The van der Waals surface area contributed by atoms with E-state index in [1.165, 1.54) is 6.26 Å². The topological polar surface area (TPSA) is 108 Å². The van der Waals surface area contributed by atoms with Crippen molar-refractivity contribution in [1.29, 1.82) is 5.26 Å². The van der Waals surface area contributed by atoms with Crippen molar-refractivity contribution in [2.75, 3.05) is 5.32 Å². The Bertz CT molecular complexity index is 935. The lowest BCUT2D eigenvalue weighted by Crippen LogP contribution is -2.35. The van der Waals surface area contributed by atoms with Crippen LogP contribution in [0.25, 0.3) is 11.3 Å². The molecule has 0 aliphatic rings. The number of para-hydroxylation sites is 1. The van der Waals surface area contributed by atoms with Crippen molar-refractivity contribution in [3.05, 3.63) is 66.3 Å². The van der Waals surface area contributed by atoms with Crippen LogP contribution in [0.3, 0.4) is 0 Å². The van der Waals surface area contributed by atoms with Crippen LogP contribution in [0, 0.1) is 11.3 Å². The number of rotatable bonds is 4. The van der Waals surface area contributed by atoms with Crippen LogP contribution >= 0.6 is 0 Å². The summed E-state index contributed by atoms with van der Waals surface area (Å²) in [5, 5.41) is 13.9. The van der Waals surface area contributed by atoms with Crippen molar-refractivity contribution in [2.24, 2.45) is 0 Å². The van der Waals surface area contributed by atoms with Gasteiger partial charge in [0.1, 0.15) is 23.9 Å². The molecule has 2 aromatic heterocycles. The highest BCUT2D eigenvalue weighted by Crippen LogP contribution is 2.22. The molecule has 2 heterocycles. The fraction of sp³-hybridized carbons (Fsp3) is 0.0556. The Labute approximate surface area is 142 Å². The highest BCUT2D eigenvalue weighted by molar-refractivity contribution is 6.39. The Hall–Kier alpha value is -3.79. The normalized spacial score (nSPS) is 10.0. The fourth-order valence-electron chi connectivity index (χ4n) is 2.15. The molecule has 0 bridgehead atoms. The van der Waals surface area contributed by atoms with Crippen LogP contribution in [0.1, 0.15) is 11.3 Å². The molecule has 0 atom stereocenters. The van der Waals surface area contributed by atoms with Crippen LogP contribution < -0.4 is 10.6 Å². The first-order valence-electron chi connectivity index (χ1n) is 7.37. The summed E-state index contributed by atoms with van der Waals surface area (Å²) in [5.41, 5.74) is 1.34. The Kier molecular flexibility index (Phi) is 4.62. The maximum atomic E-state index is 11.9. The Balaban J connectivity index is 1.57. The van der Waals surface area contributed by atoms with Crippen molar-refractivity contribution in [1.82, 2.24) is 5.32 Å². The SMILES string of the molecule is N#Cc1ccccc1NC(=O)C(=O)NCc1ccc(-c2ccoc2)o1. The van der Waals surface area contributed by atoms with E-state index in [1.807, 2.05) is 6.07 Å². The Morgan fingerprint density at radius 1 is 1.08 bits per heavy atom. The predicted octanol–water partition coefficient (Wildman–Crippen LogP) is 2.67. The number of furan rings is 2. The molecule has 25 heavy (non-hydrogen) atoms. The number of carbonyl (C=O) groups is 2. The maximum absolute atomic E-state index is 11.9. The molecule has 0 saturated heterocycles. The van der Waals surface area contributed by atoms with Crippen LogP contribution in [-0.2, 0) is 16.1 Å². The molecule has 3 aromatic rings. The molecule has 0 aliphatic heterocycles. The third-order valence-corrected chi connectivity index (χ3v) is 3.39. The largest absolute Gasteiger partial charge is 0.472 e. The third-order valence-electron chi connectivity index (χ3n) is 3.39. The number of benzene rings is 1. The van der Waals surface area contributed by atoms with Gasteiger partial charge in [0.15, 0.2) is 0 Å². The molecule has 124 valence electrons. The van der Waals surface area contributed by atoms with E-state index in [-0.39, 0.29) is 17.8 Å². The van der Waals surface area contributed by atoms with E-state index in [9.17, 15) is 9.59 Å². The second-order valence-corrected chi connectivity index (χ2v) is 5.07. The smallest absolute Gasteiger partial charge is 0.313 e. The van der Waals surface area contributed by atoms with E-state index >= 15 is 0 Å². The maximum Gasteiger partial charge on any atom is 0.313 e. The van der Waals surface area contributed by atoms with Gasteiger partial charge in [0.05, 0.1) is 29.6 Å². The molecule has 2 N–H and O–H groups in total. The van der Waals surface area contributed by atoms with E-state index in [0.29, 0.717) is 11.5 Å². The summed E-state index contributed by atoms with van der Waals surface area (Å²) in [6, 6.07) is 13.6. The second kappa shape index (κ2) is 7.19. The molecule has 7 heteroatoms. The minimum Gasteiger partial charge on any atom is -0.472 e. The number of anilines is 1. The van der Waals surface area contributed by atoms with Gasteiger partial charge in [0.2, 0.25) is 0 Å². The minimum absolute atomic E-state index is 0.0595. The van der Waals surface area contributed by atoms with Crippen LogP contribution in [0.4, 0.5) is 5.69 Å². The molecule has 2 amide bonds.